The highest BCUT2D eigenvalue weighted by atomic mass is 35.5. The third-order valence-corrected chi connectivity index (χ3v) is 6.73. The van der Waals surface area contributed by atoms with Gasteiger partial charge in [-0.15, -0.1) is 0 Å². The molecular weight excluding hydrogens is 442 g/mol. The van der Waals surface area contributed by atoms with Gasteiger partial charge in [-0.2, -0.15) is 0 Å². The number of halogens is 1. The van der Waals surface area contributed by atoms with Crippen LogP contribution in [0.4, 0.5) is 0 Å². The molecule has 1 aromatic carbocycles. The highest BCUT2D eigenvalue weighted by molar-refractivity contribution is 6.30. The fraction of sp³-hybridized carbons (Fsp3) is 0.333. The van der Waals surface area contributed by atoms with Crippen LogP contribution in [0.25, 0.3) is 5.52 Å². The molecule has 0 radical (unpaired) electrons. The SMILES string of the molecule is O=C1CC[C@@H](C(=O)N[C@@H]2CN(C(=O)c3cccn4cncc34)CC[C@H]2c2cccc(Cl)c2)N1. The number of carbonyl (C=O) groups excluding carboxylic acids is 3. The van der Waals surface area contributed by atoms with Crippen molar-refractivity contribution in [2.75, 3.05) is 13.1 Å². The van der Waals surface area contributed by atoms with Gasteiger partial charge in [0, 0.05) is 36.6 Å². The molecule has 2 fully saturated rings. The number of fused-ring (bicyclic) bond motifs is 1. The quantitative estimate of drug-likeness (QED) is 0.618. The van der Waals surface area contributed by atoms with Crippen LogP contribution in [0.2, 0.25) is 5.02 Å². The first-order valence-corrected chi connectivity index (χ1v) is 11.4. The molecule has 8 nitrogen and oxygen atoms in total. The summed E-state index contributed by atoms with van der Waals surface area (Å²) >= 11 is 6.23. The predicted molar refractivity (Wildman–Crippen MR) is 123 cm³/mol. The number of piperidine rings is 1. The Labute approximate surface area is 195 Å². The Morgan fingerprint density at radius 3 is 2.85 bits per heavy atom. The van der Waals surface area contributed by atoms with Crippen molar-refractivity contribution in [1.82, 2.24) is 24.9 Å². The van der Waals surface area contributed by atoms with Crippen molar-refractivity contribution in [3.63, 3.8) is 0 Å². The van der Waals surface area contributed by atoms with Crippen molar-refractivity contribution in [1.29, 1.82) is 0 Å². The monoisotopic (exact) mass is 465 g/mol. The van der Waals surface area contributed by atoms with E-state index in [0.29, 0.717) is 42.9 Å². The molecule has 4 heterocycles. The molecule has 2 aromatic heterocycles. The molecule has 0 saturated carbocycles. The Kier molecular flexibility index (Phi) is 5.76. The van der Waals surface area contributed by atoms with Gasteiger partial charge in [0.1, 0.15) is 6.04 Å². The average molecular weight is 466 g/mol. The van der Waals surface area contributed by atoms with Crippen molar-refractivity contribution in [3.8, 4) is 0 Å². The molecule has 3 aromatic rings. The molecule has 0 spiro atoms. The number of nitrogens with zero attached hydrogens (tertiary/aromatic N) is 3. The van der Waals surface area contributed by atoms with Gasteiger partial charge in [-0.3, -0.25) is 14.4 Å². The summed E-state index contributed by atoms with van der Waals surface area (Å²) in [5.41, 5.74) is 2.34. The lowest BCUT2D eigenvalue weighted by Crippen LogP contribution is -2.56. The van der Waals surface area contributed by atoms with Crippen molar-refractivity contribution < 1.29 is 14.4 Å². The second-order valence-corrected chi connectivity index (χ2v) is 9.02. The van der Waals surface area contributed by atoms with Gasteiger partial charge in [0.2, 0.25) is 11.8 Å². The van der Waals surface area contributed by atoms with E-state index in [1.807, 2.05) is 40.9 Å². The fourth-order valence-corrected chi connectivity index (χ4v) is 5.01. The normalized spacial score (nSPS) is 22.9. The first-order chi connectivity index (χ1) is 16.0. The molecule has 2 saturated heterocycles. The van der Waals surface area contributed by atoms with Crippen molar-refractivity contribution in [2.45, 2.75) is 37.3 Å². The summed E-state index contributed by atoms with van der Waals surface area (Å²) in [6.07, 6.45) is 6.69. The molecule has 3 amide bonds. The summed E-state index contributed by atoms with van der Waals surface area (Å²) in [6, 6.07) is 10.4. The van der Waals surface area contributed by atoms with Gasteiger partial charge in [-0.25, -0.2) is 4.98 Å². The van der Waals surface area contributed by atoms with Gasteiger partial charge < -0.3 is 19.9 Å². The molecule has 0 unspecified atom stereocenters. The number of carbonyl (C=O) groups is 3. The van der Waals surface area contributed by atoms with Crippen LogP contribution in [-0.4, -0.2) is 57.2 Å². The number of nitrogens with one attached hydrogen (secondary N) is 2. The standard InChI is InChI=1S/C24H24ClN5O3/c25-16-4-1-3-15(11-16)17-8-10-29(13-20(17)28-23(32)19-6-7-22(31)27-19)24(33)18-5-2-9-30-14-26-12-21(18)30/h1-5,9,11-12,14,17,19-20H,6-8,10,13H2,(H,27,31)(H,28,32)/t17-,19-,20+/m0/s1. The number of benzene rings is 1. The lowest BCUT2D eigenvalue weighted by molar-refractivity contribution is -0.126. The fourth-order valence-electron chi connectivity index (χ4n) is 4.81. The van der Waals surface area contributed by atoms with E-state index < -0.39 is 6.04 Å². The van der Waals surface area contributed by atoms with Crippen LogP contribution in [0.1, 0.15) is 41.1 Å². The largest absolute Gasteiger partial charge is 0.349 e. The molecular formula is C24H24ClN5O3. The number of aromatic nitrogens is 2. The Balaban J connectivity index is 1.40. The first-order valence-electron chi connectivity index (χ1n) is 11.0. The lowest BCUT2D eigenvalue weighted by Gasteiger charge is -2.39. The number of pyridine rings is 1. The zero-order chi connectivity index (χ0) is 22.9. The van der Waals surface area contributed by atoms with E-state index in [1.165, 1.54) is 0 Å². The number of hydrogen-bond acceptors (Lipinski definition) is 4. The number of amides is 3. The molecule has 3 atom stereocenters. The molecule has 170 valence electrons. The van der Waals surface area contributed by atoms with E-state index >= 15 is 0 Å². The van der Waals surface area contributed by atoms with Crippen LogP contribution >= 0.6 is 11.6 Å². The number of imidazole rings is 1. The zero-order valence-electron chi connectivity index (χ0n) is 17.9. The molecule has 0 bridgehead atoms. The van der Waals surface area contributed by atoms with Crippen LogP contribution < -0.4 is 10.6 Å². The maximum Gasteiger partial charge on any atom is 0.256 e. The highest BCUT2D eigenvalue weighted by Gasteiger charge is 2.36. The molecule has 33 heavy (non-hydrogen) atoms. The van der Waals surface area contributed by atoms with E-state index in [1.54, 1.807) is 23.5 Å². The van der Waals surface area contributed by atoms with Crippen LogP contribution in [0, 0.1) is 0 Å². The molecule has 0 aliphatic carbocycles. The molecule has 2 aliphatic rings. The average Bonchev–Trinajstić information content (AvgIpc) is 3.47. The minimum atomic E-state index is -0.538. The Morgan fingerprint density at radius 1 is 1.18 bits per heavy atom. The lowest BCUT2D eigenvalue weighted by atomic mass is 9.84. The van der Waals surface area contributed by atoms with Gasteiger partial charge in [0.25, 0.3) is 5.91 Å². The first kappa shape index (κ1) is 21.5. The second kappa shape index (κ2) is 8.86. The van der Waals surface area contributed by atoms with Crippen molar-refractivity contribution in [2.24, 2.45) is 0 Å². The minimum absolute atomic E-state index is 0.000404. The van der Waals surface area contributed by atoms with Crippen molar-refractivity contribution in [3.05, 3.63) is 71.3 Å². The smallest absolute Gasteiger partial charge is 0.256 e. The highest BCUT2D eigenvalue weighted by Crippen LogP contribution is 2.31. The van der Waals surface area contributed by atoms with Crippen LogP contribution in [0.5, 0.6) is 0 Å². The van der Waals surface area contributed by atoms with Gasteiger partial charge >= 0.3 is 0 Å². The third-order valence-electron chi connectivity index (χ3n) is 6.50. The maximum absolute atomic E-state index is 13.4. The van der Waals surface area contributed by atoms with Crippen LogP contribution in [0.15, 0.2) is 55.1 Å². The van der Waals surface area contributed by atoms with Crippen LogP contribution in [-0.2, 0) is 9.59 Å². The predicted octanol–water partition coefficient (Wildman–Crippen LogP) is 2.38. The molecule has 2 N–H and O–H groups in total. The summed E-state index contributed by atoms with van der Waals surface area (Å²) < 4.78 is 1.81. The van der Waals surface area contributed by atoms with Crippen LogP contribution in [0.3, 0.4) is 0 Å². The summed E-state index contributed by atoms with van der Waals surface area (Å²) in [5, 5.41) is 6.46. The Bertz CT molecular complexity index is 1230. The summed E-state index contributed by atoms with van der Waals surface area (Å²) in [5.74, 6) is -0.431. The summed E-state index contributed by atoms with van der Waals surface area (Å²) in [4.78, 5) is 43.9. The Morgan fingerprint density at radius 2 is 2.06 bits per heavy atom. The number of rotatable bonds is 4. The Hall–Kier alpha value is -3.39. The molecule has 2 aliphatic heterocycles. The van der Waals surface area contributed by atoms with E-state index in [-0.39, 0.29) is 29.7 Å². The topological polar surface area (TPSA) is 95.8 Å². The van der Waals surface area contributed by atoms with Gasteiger partial charge in [-0.05, 0) is 42.7 Å². The van der Waals surface area contributed by atoms with E-state index in [2.05, 4.69) is 15.6 Å². The second-order valence-electron chi connectivity index (χ2n) is 8.58. The zero-order valence-corrected chi connectivity index (χ0v) is 18.7. The van der Waals surface area contributed by atoms with Gasteiger partial charge in [-0.1, -0.05) is 23.7 Å². The van der Waals surface area contributed by atoms with Crippen molar-refractivity contribution >= 4 is 34.8 Å². The van der Waals surface area contributed by atoms with Gasteiger partial charge in [0.05, 0.1) is 29.6 Å². The summed E-state index contributed by atoms with van der Waals surface area (Å²) in [7, 11) is 0. The maximum atomic E-state index is 13.4. The minimum Gasteiger partial charge on any atom is -0.349 e. The van der Waals surface area contributed by atoms with E-state index in [4.69, 9.17) is 11.6 Å². The number of hydrogen-bond donors (Lipinski definition) is 2. The third kappa shape index (κ3) is 4.30. The summed E-state index contributed by atoms with van der Waals surface area (Å²) in [6.45, 7) is 0.912. The van der Waals surface area contributed by atoms with E-state index in [9.17, 15) is 14.4 Å². The molecule has 5 rings (SSSR count). The van der Waals surface area contributed by atoms with E-state index in [0.717, 1.165) is 11.1 Å². The number of likely N-dealkylation sites (tertiary alicyclic amines) is 1. The molecule has 9 heteroatoms. The van der Waals surface area contributed by atoms with Gasteiger partial charge in [0.15, 0.2) is 0 Å².